The van der Waals surface area contributed by atoms with Crippen molar-refractivity contribution in [3.05, 3.63) is 95.1 Å². The number of imide groups is 2. The first-order chi connectivity index (χ1) is 21.1. The van der Waals surface area contributed by atoms with Crippen LogP contribution in [0.15, 0.2) is 72.8 Å². The smallest absolute Gasteiger partial charge is 0.261 e. The minimum absolute atomic E-state index is 0.222. The summed E-state index contributed by atoms with van der Waals surface area (Å²) in [6, 6.07) is 22.3. The summed E-state index contributed by atoms with van der Waals surface area (Å²) >= 11 is 0. The Balaban J connectivity index is 0.829. The van der Waals surface area contributed by atoms with Gasteiger partial charge in [-0.05, 0) is 61.0 Å². The zero-order chi connectivity index (χ0) is 29.8. The molecule has 0 saturated carbocycles. The summed E-state index contributed by atoms with van der Waals surface area (Å²) in [4.78, 5) is 54.6. The fourth-order valence-electron chi connectivity index (χ4n) is 6.02. The molecule has 0 unspecified atom stereocenters. The van der Waals surface area contributed by atoms with E-state index in [4.69, 9.17) is 0 Å². The number of benzene rings is 4. The molecule has 4 aromatic rings. The van der Waals surface area contributed by atoms with Crippen LogP contribution >= 0.6 is 0 Å². The molecule has 0 atom stereocenters. The van der Waals surface area contributed by atoms with Crippen molar-refractivity contribution in [3.8, 4) is 0 Å². The molecule has 9 nitrogen and oxygen atoms in total. The predicted molar refractivity (Wildman–Crippen MR) is 166 cm³/mol. The first-order valence-electron chi connectivity index (χ1n) is 14.9. The van der Waals surface area contributed by atoms with Gasteiger partial charge in [-0.1, -0.05) is 48.5 Å². The van der Waals surface area contributed by atoms with Gasteiger partial charge in [-0.2, -0.15) is 0 Å². The van der Waals surface area contributed by atoms with Crippen molar-refractivity contribution in [2.24, 2.45) is 0 Å². The molecule has 220 valence electrons. The van der Waals surface area contributed by atoms with E-state index in [1.165, 1.54) is 9.80 Å². The highest BCUT2D eigenvalue weighted by Crippen LogP contribution is 2.31. The Morgan fingerprint density at radius 3 is 1.05 bits per heavy atom. The molecular weight excluding hydrogens is 542 g/mol. The molecule has 0 bridgehead atoms. The largest absolute Gasteiger partial charge is 0.315 e. The fourth-order valence-corrected chi connectivity index (χ4v) is 6.02. The van der Waals surface area contributed by atoms with Crippen LogP contribution in [0, 0.1) is 0 Å². The summed E-state index contributed by atoms with van der Waals surface area (Å²) in [5, 5.41) is 13.4. The first kappa shape index (κ1) is 28.7. The van der Waals surface area contributed by atoms with Crippen LogP contribution in [-0.4, -0.2) is 85.8 Å². The predicted octanol–water partition coefficient (Wildman–Crippen LogP) is 3.43. The average Bonchev–Trinajstić information content (AvgIpc) is 3.03. The van der Waals surface area contributed by atoms with Crippen LogP contribution in [0.3, 0.4) is 0 Å². The number of amides is 4. The molecule has 4 amide bonds. The number of nitrogens with one attached hydrogen (secondary N) is 3. The van der Waals surface area contributed by atoms with E-state index >= 15 is 0 Å². The van der Waals surface area contributed by atoms with E-state index in [1.54, 1.807) is 24.3 Å². The molecule has 0 aliphatic carbocycles. The topological polar surface area (TPSA) is 111 Å². The van der Waals surface area contributed by atoms with Crippen molar-refractivity contribution < 1.29 is 19.2 Å². The molecule has 2 aliphatic heterocycles. The highest BCUT2D eigenvalue weighted by atomic mass is 16.2. The second kappa shape index (κ2) is 12.8. The van der Waals surface area contributed by atoms with Crippen molar-refractivity contribution in [1.29, 1.82) is 0 Å². The molecule has 3 N–H and O–H groups in total. The van der Waals surface area contributed by atoms with Gasteiger partial charge in [-0.25, -0.2) is 0 Å². The number of carbonyl (C=O) groups is 4. The molecule has 9 heteroatoms. The number of hydrogen-bond acceptors (Lipinski definition) is 7. The third-order valence-electron chi connectivity index (χ3n) is 8.14. The normalized spacial score (nSPS) is 14.4. The zero-order valence-corrected chi connectivity index (χ0v) is 24.0. The molecular formula is C34H35N5O4. The molecule has 6 rings (SSSR count). The van der Waals surface area contributed by atoms with Gasteiger partial charge in [-0.15, -0.1) is 0 Å². The van der Waals surface area contributed by atoms with Gasteiger partial charge in [0.1, 0.15) is 0 Å². The van der Waals surface area contributed by atoms with E-state index < -0.39 is 0 Å². The van der Waals surface area contributed by atoms with Crippen LogP contribution in [0.1, 0.15) is 54.3 Å². The van der Waals surface area contributed by atoms with Gasteiger partial charge in [0.2, 0.25) is 0 Å². The molecule has 2 aliphatic rings. The number of rotatable bonds is 14. The Bertz CT molecular complexity index is 1490. The van der Waals surface area contributed by atoms with Crippen molar-refractivity contribution in [2.75, 3.05) is 52.4 Å². The van der Waals surface area contributed by atoms with E-state index in [-0.39, 0.29) is 23.6 Å². The molecule has 43 heavy (non-hydrogen) atoms. The summed E-state index contributed by atoms with van der Waals surface area (Å²) in [7, 11) is 0. The number of hydrogen-bond donors (Lipinski definition) is 3. The van der Waals surface area contributed by atoms with Crippen LogP contribution < -0.4 is 16.0 Å². The Morgan fingerprint density at radius 2 is 0.721 bits per heavy atom. The highest BCUT2D eigenvalue weighted by molar-refractivity contribution is 6.26. The van der Waals surface area contributed by atoms with Gasteiger partial charge in [-0.3, -0.25) is 29.0 Å². The SMILES string of the molecule is O=C1c2cccc3cccc(c23)C(=O)N1CCCNCCNCCNCCCN1C(=O)c2cccc3cccc(c23)C1=O. The van der Waals surface area contributed by atoms with Crippen LogP contribution in [0.25, 0.3) is 21.5 Å². The molecule has 2 heterocycles. The van der Waals surface area contributed by atoms with Gasteiger partial charge in [0.25, 0.3) is 23.6 Å². The maximum Gasteiger partial charge on any atom is 0.261 e. The lowest BCUT2D eigenvalue weighted by Gasteiger charge is -2.27. The highest BCUT2D eigenvalue weighted by Gasteiger charge is 2.33. The summed E-state index contributed by atoms with van der Waals surface area (Å²) in [6.07, 6.45) is 1.36. The molecule has 0 aromatic heterocycles. The quantitative estimate of drug-likeness (QED) is 0.156. The van der Waals surface area contributed by atoms with Crippen LogP contribution in [0.4, 0.5) is 0 Å². The first-order valence-corrected chi connectivity index (χ1v) is 14.9. The second-order valence-electron chi connectivity index (χ2n) is 10.9. The van der Waals surface area contributed by atoms with Gasteiger partial charge in [0.15, 0.2) is 0 Å². The lowest BCUT2D eigenvalue weighted by molar-refractivity contribution is 0.0593. The minimum atomic E-state index is -0.222. The maximum absolute atomic E-state index is 13.0. The second-order valence-corrected chi connectivity index (χ2v) is 10.9. The molecule has 0 fully saturated rings. The third kappa shape index (κ3) is 5.67. The van der Waals surface area contributed by atoms with Crippen LogP contribution in [0.2, 0.25) is 0 Å². The van der Waals surface area contributed by atoms with Crippen molar-refractivity contribution in [1.82, 2.24) is 25.8 Å². The lowest BCUT2D eigenvalue weighted by atomic mass is 9.94. The number of carbonyl (C=O) groups excluding carboxylic acids is 4. The van der Waals surface area contributed by atoms with Gasteiger partial charge >= 0.3 is 0 Å². The maximum atomic E-state index is 13.0. The van der Waals surface area contributed by atoms with E-state index in [9.17, 15) is 19.2 Å². The summed E-state index contributed by atoms with van der Waals surface area (Å²) < 4.78 is 0. The molecule has 0 saturated heterocycles. The van der Waals surface area contributed by atoms with Crippen molar-refractivity contribution in [2.45, 2.75) is 12.8 Å². The van der Waals surface area contributed by atoms with E-state index in [1.807, 2.05) is 48.5 Å². The molecule has 0 radical (unpaired) electrons. The Kier molecular flexibility index (Phi) is 8.55. The fraction of sp³-hybridized carbons (Fsp3) is 0.294. The van der Waals surface area contributed by atoms with Crippen LogP contribution in [0.5, 0.6) is 0 Å². The van der Waals surface area contributed by atoms with Gasteiger partial charge < -0.3 is 16.0 Å². The monoisotopic (exact) mass is 577 g/mol. The zero-order valence-electron chi connectivity index (χ0n) is 24.0. The Morgan fingerprint density at radius 1 is 0.419 bits per heavy atom. The van der Waals surface area contributed by atoms with Crippen LogP contribution in [-0.2, 0) is 0 Å². The van der Waals surface area contributed by atoms with Gasteiger partial charge in [0.05, 0.1) is 0 Å². The minimum Gasteiger partial charge on any atom is -0.315 e. The summed E-state index contributed by atoms with van der Waals surface area (Å²) in [5.41, 5.74) is 2.37. The van der Waals surface area contributed by atoms with E-state index in [2.05, 4.69) is 16.0 Å². The standard InChI is InChI=1S/C34H35N5O4/c40-31-25-11-1-7-23-8-2-12-26(29(23)25)32(41)38(31)21-5-15-35-17-19-37-20-18-36-16-6-22-39-33(42)27-13-3-9-24-10-4-14-28(30(24)27)34(39)43/h1-4,7-14,35-37H,5-6,15-22H2. The van der Waals surface area contributed by atoms with E-state index in [0.717, 1.165) is 47.7 Å². The average molecular weight is 578 g/mol. The Labute approximate surface area is 250 Å². The van der Waals surface area contributed by atoms with Crippen molar-refractivity contribution >= 4 is 45.2 Å². The van der Waals surface area contributed by atoms with E-state index in [0.29, 0.717) is 61.3 Å². The van der Waals surface area contributed by atoms with Gasteiger partial charge in [0, 0.05) is 72.3 Å². The number of nitrogens with zero attached hydrogens (tertiary/aromatic N) is 2. The Hall–Kier alpha value is -4.44. The third-order valence-corrected chi connectivity index (χ3v) is 8.14. The molecule has 4 aromatic carbocycles. The van der Waals surface area contributed by atoms with Crippen molar-refractivity contribution in [3.63, 3.8) is 0 Å². The lowest BCUT2D eigenvalue weighted by Crippen LogP contribution is -2.42. The summed E-state index contributed by atoms with van der Waals surface area (Å²) in [6.45, 7) is 5.30. The molecule has 0 spiro atoms. The summed E-state index contributed by atoms with van der Waals surface area (Å²) in [5.74, 6) is -0.887.